The third kappa shape index (κ3) is 1.59. The lowest BCUT2D eigenvalue weighted by Crippen LogP contribution is -2.25. The number of hydrogen-bond acceptors (Lipinski definition) is 1. The van der Waals surface area contributed by atoms with Crippen LogP contribution in [0.2, 0.25) is 0 Å². The molecule has 0 aliphatic heterocycles. The molecule has 0 fully saturated rings. The largest absolute Gasteiger partial charge is 0.295 e. The predicted octanol–water partition coefficient (Wildman–Crippen LogP) is 3.82. The van der Waals surface area contributed by atoms with Gasteiger partial charge in [0.1, 0.15) is 0 Å². The zero-order chi connectivity index (χ0) is 11.9. The number of rotatable bonds is 1. The molecule has 2 aliphatic rings. The molecule has 0 bridgehead atoms. The molecule has 2 rings (SSSR count). The van der Waals surface area contributed by atoms with Gasteiger partial charge in [0.15, 0.2) is 5.78 Å². The van der Waals surface area contributed by atoms with Crippen molar-refractivity contribution < 1.29 is 4.79 Å². The van der Waals surface area contributed by atoms with Gasteiger partial charge in [0.05, 0.1) is 0 Å². The van der Waals surface area contributed by atoms with E-state index in [0.29, 0.717) is 12.3 Å². The van der Waals surface area contributed by atoms with E-state index < -0.39 is 0 Å². The van der Waals surface area contributed by atoms with Crippen molar-refractivity contribution in [1.82, 2.24) is 0 Å². The van der Waals surface area contributed by atoms with E-state index in [1.807, 2.05) is 6.08 Å². The summed E-state index contributed by atoms with van der Waals surface area (Å²) >= 11 is 0. The van der Waals surface area contributed by atoms with E-state index in [1.54, 1.807) is 0 Å². The molecule has 16 heavy (non-hydrogen) atoms. The van der Waals surface area contributed by atoms with E-state index in [0.717, 1.165) is 18.4 Å². The molecule has 1 nitrogen and oxygen atoms in total. The molecule has 1 spiro atoms. The molecule has 0 saturated heterocycles. The first-order chi connectivity index (χ1) is 7.45. The van der Waals surface area contributed by atoms with Gasteiger partial charge in [0.25, 0.3) is 0 Å². The van der Waals surface area contributed by atoms with Crippen LogP contribution in [0.4, 0.5) is 0 Å². The summed E-state index contributed by atoms with van der Waals surface area (Å²) in [7, 11) is 0. The monoisotopic (exact) mass is 216 g/mol. The van der Waals surface area contributed by atoms with E-state index >= 15 is 0 Å². The summed E-state index contributed by atoms with van der Waals surface area (Å²) < 4.78 is 0. The Morgan fingerprint density at radius 2 is 2.12 bits per heavy atom. The van der Waals surface area contributed by atoms with E-state index in [1.165, 1.54) is 11.1 Å². The van der Waals surface area contributed by atoms with Crippen LogP contribution in [0, 0.1) is 11.3 Å². The molecule has 0 amide bonds. The van der Waals surface area contributed by atoms with Crippen molar-refractivity contribution in [3.05, 3.63) is 35.5 Å². The van der Waals surface area contributed by atoms with Crippen molar-refractivity contribution in [2.75, 3.05) is 0 Å². The number of hydrogen-bond donors (Lipinski definition) is 0. The maximum absolute atomic E-state index is 11.5. The topological polar surface area (TPSA) is 17.1 Å². The zero-order valence-electron chi connectivity index (χ0n) is 10.5. The standard InChI is InChI=1S/C15H20O/c1-10(2)13-5-6-15(9-13)11(3)7-14(16)8-12(15)4/h8-10H,3,5-7H2,1-2,4H3. The Hall–Kier alpha value is -1.11. The summed E-state index contributed by atoms with van der Waals surface area (Å²) in [5, 5.41) is 0. The Morgan fingerprint density at radius 1 is 1.44 bits per heavy atom. The van der Waals surface area contributed by atoms with Crippen LogP contribution < -0.4 is 0 Å². The molecule has 1 unspecified atom stereocenters. The van der Waals surface area contributed by atoms with Gasteiger partial charge < -0.3 is 0 Å². The van der Waals surface area contributed by atoms with Gasteiger partial charge in [-0.1, -0.05) is 43.2 Å². The number of carbonyl (C=O) groups is 1. The van der Waals surface area contributed by atoms with Crippen molar-refractivity contribution in [2.45, 2.75) is 40.0 Å². The molecule has 0 heterocycles. The van der Waals surface area contributed by atoms with Crippen molar-refractivity contribution in [1.29, 1.82) is 0 Å². The van der Waals surface area contributed by atoms with Gasteiger partial charge in [-0.2, -0.15) is 0 Å². The van der Waals surface area contributed by atoms with Crippen LogP contribution in [0.25, 0.3) is 0 Å². The Kier molecular flexibility index (Phi) is 2.65. The predicted molar refractivity (Wildman–Crippen MR) is 67.1 cm³/mol. The summed E-state index contributed by atoms with van der Waals surface area (Å²) in [6.45, 7) is 10.7. The van der Waals surface area contributed by atoms with Gasteiger partial charge in [-0.15, -0.1) is 0 Å². The van der Waals surface area contributed by atoms with Gasteiger partial charge in [-0.25, -0.2) is 0 Å². The lowest BCUT2D eigenvalue weighted by molar-refractivity contribution is -0.114. The maximum Gasteiger partial charge on any atom is 0.159 e. The van der Waals surface area contributed by atoms with Crippen molar-refractivity contribution >= 4 is 5.78 Å². The van der Waals surface area contributed by atoms with Crippen LogP contribution in [0.5, 0.6) is 0 Å². The molecule has 86 valence electrons. The summed E-state index contributed by atoms with van der Waals surface area (Å²) in [5.41, 5.74) is 3.80. The molecule has 0 aromatic heterocycles. The molecular weight excluding hydrogens is 196 g/mol. The van der Waals surface area contributed by atoms with Crippen LogP contribution in [-0.4, -0.2) is 5.78 Å². The summed E-state index contributed by atoms with van der Waals surface area (Å²) in [5.74, 6) is 0.817. The van der Waals surface area contributed by atoms with Gasteiger partial charge in [0, 0.05) is 11.8 Å². The van der Waals surface area contributed by atoms with Crippen LogP contribution in [0.1, 0.15) is 40.0 Å². The Morgan fingerprint density at radius 3 is 2.62 bits per heavy atom. The second-order valence-corrected chi connectivity index (χ2v) is 5.42. The number of ketones is 1. The number of allylic oxidation sites excluding steroid dienone is 5. The fraction of sp³-hybridized carbons (Fsp3) is 0.533. The minimum absolute atomic E-state index is 0.00745. The van der Waals surface area contributed by atoms with Crippen LogP contribution >= 0.6 is 0 Å². The first-order valence-corrected chi connectivity index (χ1v) is 6.07. The van der Waals surface area contributed by atoms with E-state index in [-0.39, 0.29) is 11.2 Å². The first kappa shape index (κ1) is 11.4. The van der Waals surface area contributed by atoms with Gasteiger partial charge in [-0.05, 0) is 31.8 Å². The van der Waals surface area contributed by atoms with E-state index in [9.17, 15) is 4.79 Å². The fourth-order valence-corrected chi connectivity index (χ4v) is 2.92. The molecule has 1 atom stereocenters. The van der Waals surface area contributed by atoms with Crippen LogP contribution in [0.15, 0.2) is 35.5 Å². The fourth-order valence-electron chi connectivity index (χ4n) is 2.92. The second kappa shape index (κ2) is 3.73. The Bertz CT molecular complexity index is 409. The SMILES string of the molecule is C=C1CC(=O)C=C(C)C12C=C(C(C)C)CC2. The molecule has 0 radical (unpaired) electrons. The quantitative estimate of drug-likeness (QED) is 0.609. The van der Waals surface area contributed by atoms with Crippen LogP contribution in [0.3, 0.4) is 0 Å². The Balaban J connectivity index is 2.43. The molecule has 0 aromatic rings. The molecule has 0 aromatic carbocycles. The normalized spacial score (nSPS) is 30.0. The van der Waals surface area contributed by atoms with Crippen molar-refractivity contribution in [2.24, 2.45) is 11.3 Å². The highest BCUT2D eigenvalue weighted by Gasteiger charge is 2.40. The van der Waals surface area contributed by atoms with Gasteiger partial charge in [-0.3, -0.25) is 4.79 Å². The minimum atomic E-state index is 0.00745. The molecule has 0 N–H and O–H groups in total. The number of carbonyl (C=O) groups excluding carboxylic acids is 1. The van der Waals surface area contributed by atoms with E-state index in [2.05, 4.69) is 33.4 Å². The average Bonchev–Trinajstić information content (AvgIpc) is 2.60. The maximum atomic E-state index is 11.5. The third-order valence-corrected chi connectivity index (χ3v) is 4.08. The van der Waals surface area contributed by atoms with Crippen LogP contribution in [-0.2, 0) is 4.79 Å². The molecule has 1 heteroatoms. The van der Waals surface area contributed by atoms with E-state index in [4.69, 9.17) is 0 Å². The third-order valence-electron chi connectivity index (χ3n) is 4.08. The first-order valence-electron chi connectivity index (χ1n) is 6.07. The van der Waals surface area contributed by atoms with Gasteiger partial charge >= 0.3 is 0 Å². The van der Waals surface area contributed by atoms with Crippen molar-refractivity contribution in [3.8, 4) is 0 Å². The highest BCUT2D eigenvalue weighted by atomic mass is 16.1. The summed E-state index contributed by atoms with van der Waals surface area (Å²) in [4.78, 5) is 11.5. The lowest BCUT2D eigenvalue weighted by atomic mass is 9.69. The molecule has 0 saturated carbocycles. The zero-order valence-corrected chi connectivity index (χ0v) is 10.5. The highest BCUT2D eigenvalue weighted by Crippen LogP contribution is 2.51. The minimum Gasteiger partial charge on any atom is -0.295 e. The molecule has 2 aliphatic carbocycles. The lowest BCUT2D eigenvalue weighted by Gasteiger charge is -2.34. The van der Waals surface area contributed by atoms with Gasteiger partial charge in [0.2, 0.25) is 0 Å². The van der Waals surface area contributed by atoms with Crippen molar-refractivity contribution in [3.63, 3.8) is 0 Å². The smallest absolute Gasteiger partial charge is 0.159 e. The second-order valence-electron chi connectivity index (χ2n) is 5.42. The average molecular weight is 216 g/mol. The highest BCUT2D eigenvalue weighted by molar-refractivity contribution is 5.94. The summed E-state index contributed by atoms with van der Waals surface area (Å²) in [6, 6.07) is 0. The molecular formula is C15H20O. The Labute approximate surface area is 97.9 Å². The summed E-state index contributed by atoms with van der Waals surface area (Å²) in [6.07, 6.45) is 6.97.